The van der Waals surface area contributed by atoms with E-state index in [1.165, 1.54) is 18.2 Å². The van der Waals surface area contributed by atoms with E-state index in [2.05, 4.69) is 14.5 Å². The second-order valence-electron chi connectivity index (χ2n) is 21.1. The highest BCUT2D eigenvalue weighted by molar-refractivity contribution is 7.85. The van der Waals surface area contributed by atoms with Crippen LogP contribution in [0, 0.1) is 32.8 Å². The zero-order chi connectivity index (χ0) is 59.6. The van der Waals surface area contributed by atoms with Gasteiger partial charge in [0.05, 0.1) is 51.9 Å². The first kappa shape index (κ1) is 63.6. The Balaban J connectivity index is 0.000000483. The number of carbonyl (C=O) groups is 5. The molecule has 1 saturated heterocycles. The Morgan fingerprint density at radius 1 is 0.886 bits per heavy atom. The number of rotatable bonds is 19. The lowest BCUT2D eigenvalue weighted by Crippen LogP contribution is -2.49. The number of non-ortho nitro benzene ring substituents is 1. The molecule has 2 aromatic carbocycles. The number of likely N-dealkylation sites (tertiary alicyclic amines) is 1. The van der Waals surface area contributed by atoms with Crippen LogP contribution in [0.5, 0.6) is 17.4 Å². The number of nitro benzene ring substituents is 1. The summed E-state index contributed by atoms with van der Waals surface area (Å²) in [6.07, 6.45) is -17.7. The van der Waals surface area contributed by atoms with Crippen molar-refractivity contribution in [1.82, 2.24) is 14.6 Å². The Morgan fingerprint density at radius 3 is 2.00 bits per heavy atom. The van der Waals surface area contributed by atoms with E-state index < -0.39 is 141 Å². The van der Waals surface area contributed by atoms with Crippen molar-refractivity contribution >= 4 is 68.2 Å². The summed E-state index contributed by atoms with van der Waals surface area (Å²) in [5.74, 6) is -6.33. The summed E-state index contributed by atoms with van der Waals surface area (Å²) in [6, 6.07) is 8.40. The molecule has 0 spiro atoms. The molecule has 2 heterocycles. The van der Waals surface area contributed by atoms with Gasteiger partial charge in [-0.3, -0.25) is 33.5 Å². The average Bonchev–Trinajstić information content (AvgIpc) is 4.37. The van der Waals surface area contributed by atoms with Crippen LogP contribution in [0.2, 0.25) is 5.02 Å². The number of pyridine rings is 1. The van der Waals surface area contributed by atoms with E-state index >= 15 is 0 Å². The second-order valence-corrected chi connectivity index (χ2v) is 22.8. The molecular formula is C49H56ClF9N4O15S. The number of nitro groups is 1. The van der Waals surface area contributed by atoms with Crippen LogP contribution in [-0.4, -0.2) is 114 Å². The summed E-state index contributed by atoms with van der Waals surface area (Å²) in [7, 11) is -4.51. The van der Waals surface area contributed by atoms with Gasteiger partial charge in [0, 0.05) is 36.4 Å². The Kier molecular flexibility index (Phi) is 18.9. The van der Waals surface area contributed by atoms with Crippen molar-refractivity contribution < 1.29 is 105 Å². The van der Waals surface area contributed by atoms with Gasteiger partial charge in [0.1, 0.15) is 17.6 Å². The number of esters is 1. The van der Waals surface area contributed by atoms with Crippen molar-refractivity contribution in [2.75, 3.05) is 13.2 Å². The number of ether oxygens (including phenoxy) is 5. The molecule has 79 heavy (non-hydrogen) atoms. The van der Waals surface area contributed by atoms with E-state index in [9.17, 15) is 82.0 Å². The van der Waals surface area contributed by atoms with E-state index in [4.69, 9.17) is 30.0 Å². The highest BCUT2D eigenvalue weighted by Gasteiger charge is 2.62. The van der Waals surface area contributed by atoms with E-state index in [0.717, 1.165) is 35.2 Å². The van der Waals surface area contributed by atoms with Gasteiger partial charge in [-0.2, -0.15) is 47.9 Å². The Bertz CT molecular complexity index is 2900. The number of Topliss-reactive ketones (excluding diaryl/α,β-unsaturated/α-hetero) is 1. The molecule has 19 nitrogen and oxygen atoms in total. The molecule has 2 saturated carbocycles. The molecule has 1 N–H and O–H groups in total. The van der Waals surface area contributed by atoms with Gasteiger partial charge in [-0.05, 0) is 82.6 Å². The number of ketones is 1. The minimum absolute atomic E-state index is 0.0170. The largest absolute Gasteiger partial charge is 0.514 e. The third kappa shape index (κ3) is 16.7. The number of hydrogen-bond donors (Lipinski definition) is 1. The molecule has 3 fully saturated rings. The van der Waals surface area contributed by atoms with Crippen LogP contribution in [0.3, 0.4) is 0 Å². The van der Waals surface area contributed by atoms with E-state index in [1.54, 1.807) is 27.7 Å². The maximum atomic E-state index is 14.6. The third-order valence-corrected chi connectivity index (χ3v) is 14.3. The first-order valence-corrected chi connectivity index (χ1v) is 25.9. The number of benzene rings is 2. The highest BCUT2D eigenvalue weighted by Crippen LogP contribution is 2.58. The van der Waals surface area contributed by atoms with Crippen LogP contribution in [0.1, 0.15) is 100 Å². The number of hydrogen-bond acceptors (Lipinski definition) is 16. The Labute approximate surface area is 451 Å². The van der Waals surface area contributed by atoms with Gasteiger partial charge in [0.15, 0.2) is 12.4 Å². The molecule has 1 aliphatic heterocycles. The Hall–Kier alpha value is -6.23. The van der Waals surface area contributed by atoms with Gasteiger partial charge < -0.3 is 28.6 Å². The van der Waals surface area contributed by atoms with Crippen LogP contribution in [0.15, 0.2) is 48.5 Å². The molecular weight excluding hydrogens is 1120 g/mol. The standard InChI is InChI=1S/C38H46ClF6N3O10S.C11H10F3NO5/c1-7-20-16-36(20,33(52)47-59(53,54)58-21-11-12-21)17-27(49)26-13-22(56-28-15-29(55-19-37(40,41)42)46-31-23(28)9-8-10-25(31)39)18-48(26)32(51)24(34(2,3)4)14-30(50)57-35(5,6)38(43,44)45;1-10(2,11(12,13)14)20-9(16)19-8-5-3-7(4-6-8)15(17)18/h8-10,15,20-22,24,26H,7,11-14,16-19H2,1-6H3,(H,47,52);3-6H,1-2H3/t20-,22-,24-,26+,36-;/m1./s1. The van der Waals surface area contributed by atoms with Gasteiger partial charge in [0.25, 0.3) is 5.69 Å². The van der Waals surface area contributed by atoms with Crippen LogP contribution in [0.25, 0.3) is 10.9 Å². The van der Waals surface area contributed by atoms with Crippen molar-refractivity contribution in [2.45, 2.75) is 148 Å². The average molecular weight is 1180 g/mol. The predicted octanol–water partition coefficient (Wildman–Crippen LogP) is 10.5. The normalized spacial score (nSPS) is 20.3. The molecule has 0 bridgehead atoms. The number of nitrogens with zero attached hydrogens (tertiary/aromatic N) is 3. The van der Waals surface area contributed by atoms with Gasteiger partial charge in [-0.15, -0.1) is 0 Å². The molecule has 2 aliphatic carbocycles. The fraction of sp³-hybridized carbons (Fsp3) is 0.592. The number of aromatic nitrogens is 1. The van der Waals surface area contributed by atoms with Crippen molar-refractivity contribution in [2.24, 2.45) is 22.7 Å². The number of carbonyl (C=O) groups excluding carboxylic acids is 5. The topological polar surface area (TPSA) is 246 Å². The van der Waals surface area contributed by atoms with Gasteiger partial charge in [0.2, 0.25) is 28.9 Å². The highest BCUT2D eigenvalue weighted by atomic mass is 35.5. The fourth-order valence-corrected chi connectivity index (χ4v) is 9.38. The second kappa shape index (κ2) is 23.5. The molecule has 6 rings (SSSR count). The van der Waals surface area contributed by atoms with Crippen molar-refractivity contribution in [3.8, 4) is 17.4 Å². The van der Waals surface area contributed by atoms with Crippen LogP contribution in [-0.2, 0) is 43.1 Å². The van der Waals surface area contributed by atoms with Crippen molar-refractivity contribution in [1.29, 1.82) is 0 Å². The number of para-hydroxylation sites is 1. The van der Waals surface area contributed by atoms with Gasteiger partial charge >= 0.3 is 41.0 Å². The zero-order valence-electron chi connectivity index (χ0n) is 43.5. The lowest BCUT2D eigenvalue weighted by molar-refractivity contribution is -0.384. The lowest BCUT2D eigenvalue weighted by Gasteiger charge is -2.35. The van der Waals surface area contributed by atoms with E-state index in [-0.39, 0.29) is 52.5 Å². The van der Waals surface area contributed by atoms with Crippen LogP contribution < -0.4 is 18.9 Å². The molecule has 3 aliphatic rings. The zero-order valence-corrected chi connectivity index (χ0v) is 45.1. The quantitative estimate of drug-likeness (QED) is 0.0385. The Morgan fingerprint density at radius 2 is 1.48 bits per heavy atom. The molecule has 2 amide bonds. The molecule has 30 heteroatoms. The first-order chi connectivity index (χ1) is 36.1. The molecule has 0 radical (unpaired) electrons. The van der Waals surface area contributed by atoms with Gasteiger partial charge in [-0.25, -0.2) is 14.5 Å². The molecule has 438 valence electrons. The van der Waals surface area contributed by atoms with Crippen LogP contribution in [0.4, 0.5) is 50.0 Å². The smallest absolute Gasteiger partial charge is 0.488 e. The number of fused-ring (bicyclic) bond motifs is 1. The summed E-state index contributed by atoms with van der Waals surface area (Å²) in [5.41, 5.74) is -8.42. The third-order valence-electron chi connectivity index (χ3n) is 13.0. The van der Waals surface area contributed by atoms with Gasteiger partial charge in [-0.1, -0.05) is 51.8 Å². The monoisotopic (exact) mass is 1180 g/mol. The summed E-state index contributed by atoms with van der Waals surface area (Å²) >= 11 is 6.33. The molecule has 5 atom stereocenters. The molecule has 0 unspecified atom stereocenters. The number of nitrogens with one attached hydrogen (secondary N) is 1. The lowest BCUT2D eigenvalue weighted by atomic mass is 9.77. The summed E-state index contributed by atoms with van der Waals surface area (Å²) in [5, 5.41) is 10.7. The van der Waals surface area contributed by atoms with Crippen molar-refractivity contribution in [3.63, 3.8) is 0 Å². The first-order valence-electron chi connectivity index (χ1n) is 24.1. The van der Waals surface area contributed by atoms with E-state index in [1.807, 2.05) is 4.72 Å². The predicted molar refractivity (Wildman–Crippen MR) is 259 cm³/mol. The number of amides is 2. The SMILES string of the molecule is CC(C)(OC(=O)Oc1ccc([N+](=O)[O-])cc1)C(F)(F)F.CC[C@@H]1C[C@]1(CC(=O)[C@@H]1C[C@@H](Oc2cc(OCC(F)(F)F)nc3c(Cl)cccc23)CN1C(=O)[C@@H](CC(=O)OC(C)(C)C(F)(F)F)C(C)(C)C)C(=O)NS(=O)(=O)OC1CC1. The molecule has 1 aromatic heterocycles. The summed E-state index contributed by atoms with van der Waals surface area (Å²) in [6.45, 7) is 7.03. The summed E-state index contributed by atoms with van der Waals surface area (Å²) < 4.78 is 174. The maximum Gasteiger partial charge on any atom is 0.514 e. The number of alkyl halides is 9. The fourth-order valence-electron chi connectivity index (χ4n) is 8.13. The van der Waals surface area contributed by atoms with Crippen molar-refractivity contribution in [3.05, 3.63) is 63.7 Å². The minimum Gasteiger partial charge on any atom is -0.488 e. The maximum absolute atomic E-state index is 14.6. The molecule has 3 aromatic rings. The summed E-state index contributed by atoms with van der Waals surface area (Å²) in [4.78, 5) is 81.7. The number of halogens is 10. The van der Waals surface area contributed by atoms with Crippen LogP contribution >= 0.6 is 11.6 Å². The minimum atomic E-state index is -4.94. The van der Waals surface area contributed by atoms with E-state index in [0.29, 0.717) is 47.0 Å².